The second-order valence-corrected chi connectivity index (χ2v) is 7.47. The van der Waals surface area contributed by atoms with Crippen molar-refractivity contribution >= 4 is 34.4 Å². The average molecular weight is 373 g/mol. The Morgan fingerprint density at radius 2 is 1.57 bits per heavy atom. The van der Waals surface area contributed by atoms with Gasteiger partial charge < -0.3 is 4.74 Å². The number of hydrogen-bond acceptors (Lipinski definition) is 3. The van der Waals surface area contributed by atoms with Gasteiger partial charge in [0.25, 0.3) is 0 Å². The fraction of sp³-hybridized carbons (Fsp3) is 0.167. The van der Waals surface area contributed by atoms with Gasteiger partial charge in [0.1, 0.15) is 5.60 Å². The lowest BCUT2D eigenvalue weighted by Gasteiger charge is -2.19. The van der Waals surface area contributed by atoms with Crippen LogP contribution in [0.5, 0.6) is 0 Å². The van der Waals surface area contributed by atoms with Gasteiger partial charge in [0.2, 0.25) is 0 Å². The van der Waals surface area contributed by atoms with Crippen LogP contribution in [0.15, 0.2) is 72.8 Å². The van der Waals surface area contributed by atoms with E-state index in [2.05, 4.69) is 5.32 Å². The third-order valence-corrected chi connectivity index (χ3v) is 4.05. The minimum Gasteiger partial charge on any atom is -0.444 e. The molecule has 3 aromatic rings. The summed E-state index contributed by atoms with van der Waals surface area (Å²) in [7, 11) is 0. The molecular weight excluding hydrogens is 350 g/mol. The highest BCUT2D eigenvalue weighted by molar-refractivity contribution is 6.08. The maximum Gasteiger partial charge on any atom is 0.412 e. The summed E-state index contributed by atoms with van der Waals surface area (Å²) in [5, 5.41) is 4.89. The first-order valence-electron chi connectivity index (χ1n) is 9.12. The number of anilines is 1. The molecule has 3 rings (SSSR count). The summed E-state index contributed by atoms with van der Waals surface area (Å²) in [6.07, 6.45) is 2.87. The number of hydrogen-bond donors (Lipinski definition) is 1. The second kappa shape index (κ2) is 8.09. The Labute approximate surface area is 164 Å². The van der Waals surface area contributed by atoms with Gasteiger partial charge in [-0.05, 0) is 67.4 Å². The molecule has 0 bridgehead atoms. The largest absolute Gasteiger partial charge is 0.444 e. The van der Waals surface area contributed by atoms with E-state index in [0.717, 1.165) is 16.3 Å². The first-order valence-corrected chi connectivity index (χ1v) is 9.12. The number of carbonyl (C=O) groups is 2. The molecule has 0 heterocycles. The maximum absolute atomic E-state index is 12.5. The van der Waals surface area contributed by atoms with E-state index in [0.29, 0.717) is 11.3 Å². The lowest BCUT2D eigenvalue weighted by molar-refractivity contribution is 0.0636. The van der Waals surface area contributed by atoms with Gasteiger partial charge in [-0.25, -0.2) is 4.79 Å². The summed E-state index contributed by atoms with van der Waals surface area (Å²) in [5.41, 5.74) is 1.55. The molecule has 0 spiro atoms. The number of allylic oxidation sites excluding steroid dienone is 1. The number of fused-ring (bicyclic) bond motifs is 1. The van der Waals surface area contributed by atoms with Crippen molar-refractivity contribution in [2.45, 2.75) is 26.4 Å². The Morgan fingerprint density at radius 1 is 0.893 bits per heavy atom. The smallest absolute Gasteiger partial charge is 0.412 e. The van der Waals surface area contributed by atoms with Crippen LogP contribution in [-0.2, 0) is 4.74 Å². The van der Waals surface area contributed by atoms with Crippen molar-refractivity contribution in [3.8, 4) is 0 Å². The third-order valence-electron chi connectivity index (χ3n) is 4.05. The van der Waals surface area contributed by atoms with E-state index in [1.807, 2.05) is 48.5 Å². The van der Waals surface area contributed by atoms with Crippen molar-refractivity contribution in [3.05, 3.63) is 83.9 Å². The quantitative estimate of drug-likeness (QED) is 0.445. The van der Waals surface area contributed by atoms with E-state index >= 15 is 0 Å². The molecule has 0 atom stereocenters. The number of carbonyl (C=O) groups excluding carboxylic acids is 2. The molecule has 0 saturated heterocycles. The van der Waals surface area contributed by atoms with Crippen molar-refractivity contribution in [3.63, 3.8) is 0 Å². The SMILES string of the molecule is CC(C)(C)OC(=O)Nc1ccc(C(=O)C=Cc2cccc3ccccc23)cc1. The van der Waals surface area contributed by atoms with Crippen LogP contribution < -0.4 is 5.32 Å². The van der Waals surface area contributed by atoms with Crippen LogP contribution in [0.2, 0.25) is 0 Å². The Balaban J connectivity index is 1.69. The molecule has 3 aromatic carbocycles. The van der Waals surface area contributed by atoms with Gasteiger partial charge in [0.15, 0.2) is 5.78 Å². The zero-order chi connectivity index (χ0) is 20.1. The number of amides is 1. The van der Waals surface area contributed by atoms with E-state index < -0.39 is 11.7 Å². The normalized spacial score (nSPS) is 11.5. The molecule has 0 aliphatic heterocycles. The Kier molecular flexibility index (Phi) is 5.59. The molecule has 142 valence electrons. The highest BCUT2D eigenvalue weighted by atomic mass is 16.6. The second-order valence-electron chi connectivity index (χ2n) is 7.47. The highest BCUT2D eigenvalue weighted by Gasteiger charge is 2.16. The summed E-state index contributed by atoms with van der Waals surface area (Å²) in [6, 6.07) is 20.8. The van der Waals surface area contributed by atoms with Crippen molar-refractivity contribution in [1.82, 2.24) is 0 Å². The lowest BCUT2D eigenvalue weighted by Crippen LogP contribution is -2.27. The summed E-state index contributed by atoms with van der Waals surface area (Å²) < 4.78 is 5.21. The topological polar surface area (TPSA) is 55.4 Å². The summed E-state index contributed by atoms with van der Waals surface area (Å²) in [6.45, 7) is 5.41. The van der Waals surface area contributed by atoms with Crippen molar-refractivity contribution in [2.75, 3.05) is 5.32 Å². The van der Waals surface area contributed by atoms with Crippen LogP contribution in [0.3, 0.4) is 0 Å². The molecule has 0 fully saturated rings. The van der Waals surface area contributed by atoms with E-state index in [1.165, 1.54) is 0 Å². The van der Waals surface area contributed by atoms with Gasteiger partial charge >= 0.3 is 6.09 Å². The van der Waals surface area contributed by atoms with Crippen LogP contribution in [0, 0.1) is 0 Å². The van der Waals surface area contributed by atoms with E-state index in [-0.39, 0.29) is 5.78 Å². The molecule has 1 amide bonds. The standard InChI is InChI=1S/C24H23NO3/c1-24(2,3)28-23(27)25-20-14-11-19(12-15-20)22(26)16-13-18-9-6-8-17-7-4-5-10-21(17)18/h4-16H,1-3H3,(H,25,27). The van der Waals surface area contributed by atoms with Crippen LogP contribution in [-0.4, -0.2) is 17.5 Å². The summed E-state index contributed by atoms with van der Waals surface area (Å²) >= 11 is 0. The van der Waals surface area contributed by atoms with Crippen LogP contribution in [0.1, 0.15) is 36.7 Å². The maximum atomic E-state index is 12.5. The fourth-order valence-corrected chi connectivity index (χ4v) is 2.80. The Bertz CT molecular complexity index is 1020. The molecular formula is C24H23NO3. The molecule has 0 aliphatic rings. The molecule has 0 aliphatic carbocycles. The zero-order valence-corrected chi connectivity index (χ0v) is 16.2. The molecule has 4 heteroatoms. The number of rotatable bonds is 4. The van der Waals surface area contributed by atoms with E-state index in [9.17, 15) is 9.59 Å². The molecule has 28 heavy (non-hydrogen) atoms. The molecule has 0 saturated carbocycles. The lowest BCUT2D eigenvalue weighted by atomic mass is 10.0. The average Bonchev–Trinajstić information content (AvgIpc) is 2.65. The van der Waals surface area contributed by atoms with Crippen molar-refractivity contribution in [1.29, 1.82) is 0 Å². The monoisotopic (exact) mass is 373 g/mol. The predicted molar refractivity (Wildman–Crippen MR) is 114 cm³/mol. The number of ketones is 1. The van der Waals surface area contributed by atoms with Gasteiger partial charge in [0.05, 0.1) is 0 Å². The first-order chi connectivity index (χ1) is 13.3. The van der Waals surface area contributed by atoms with E-state index in [1.54, 1.807) is 51.1 Å². The van der Waals surface area contributed by atoms with Gasteiger partial charge in [-0.1, -0.05) is 48.5 Å². The van der Waals surface area contributed by atoms with Crippen LogP contribution >= 0.6 is 0 Å². The number of nitrogens with one attached hydrogen (secondary N) is 1. The first kappa shape index (κ1) is 19.4. The van der Waals surface area contributed by atoms with Crippen molar-refractivity contribution in [2.24, 2.45) is 0 Å². The van der Waals surface area contributed by atoms with E-state index in [4.69, 9.17) is 4.74 Å². The van der Waals surface area contributed by atoms with Crippen molar-refractivity contribution < 1.29 is 14.3 Å². The van der Waals surface area contributed by atoms with Gasteiger partial charge in [-0.3, -0.25) is 10.1 Å². The van der Waals surface area contributed by atoms with Crippen LogP contribution in [0.4, 0.5) is 10.5 Å². The molecule has 0 radical (unpaired) electrons. The Hall–Kier alpha value is -3.40. The molecule has 4 nitrogen and oxygen atoms in total. The zero-order valence-electron chi connectivity index (χ0n) is 16.2. The summed E-state index contributed by atoms with van der Waals surface area (Å²) in [5.74, 6) is -0.100. The number of ether oxygens (including phenoxy) is 1. The predicted octanol–water partition coefficient (Wildman–Crippen LogP) is 6.08. The summed E-state index contributed by atoms with van der Waals surface area (Å²) in [4.78, 5) is 24.3. The Morgan fingerprint density at radius 3 is 2.29 bits per heavy atom. The van der Waals surface area contributed by atoms with Crippen LogP contribution in [0.25, 0.3) is 16.8 Å². The molecule has 1 N–H and O–H groups in total. The minimum atomic E-state index is -0.563. The van der Waals surface area contributed by atoms with Gasteiger partial charge in [-0.15, -0.1) is 0 Å². The fourth-order valence-electron chi connectivity index (χ4n) is 2.80. The van der Waals surface area contributed by atoms with Gasteiger partial charge in [0, 0.05) is 11.3 Å². The minimum absolute atomic E-state index is 0.100. The third kappa shape index (κ3) is 5.07. The number of benzene rings is 3. The molecule has 0 aromatic heterocycles. The molecule has 0 unspecified atom stereocenters. The highest BCUT2D eigenvalue weighted by Crippen LogP contribution is 2.20. The van der Waals surface area contributed by atoms with Gasteiger partial charge in [-0.2, -0.15) is 0 Å².